The van der Waals surface area contributed by atoms with Crippen LogP contribution >= 0.6 is 11.6 Å². The number of rotatable bonds is 7. The number of nitrogens with one attached hydrogen (secondary N) is 2. The Balaban J connectivity index is 1.58. The average molecular weight is 465 g/mol. The molecule has 0 saturated carbocycles. The van der Waals surface area contributed by atoms with Crippen molar-refractivity contribution < 1.29 is 19.2 Å². The van der Waals surface area contributed by atoms with Crippen molar-refractivity contribution in [2.75, 3.05) is 12.4 Å². The molecule has 1 aromatic heterocycles. The van der Waals surface area contributed by atoms with E-state index in [4.69, 9.17) is 21.1 Å². The molecule has 0 aliphatic rings. The highest BCUT2D eigenvalue weighted by molar-refractivity contribution is 6.30. The summed E-state index contributed by atoms with van der Waals surface area (Å²) in [6.07, 6.45) is 0. The number of aromatic amines is 1. The number of non-ortho nitro benzene ring substituents is 1. The predicted octanol–water partition coefficient (Wildman–Crippen LogP) is 5.69. The standard InChI is InChI=1S/C23H17ClN4O5/c1-32-21-4-2-3-5-22(21)33-18-11-16(10-17(12-18)28(30)31)25-23(29)20-13-19(26-27-20)14-6-8-15(24)9-7-14/h2-13H,1H3,(H,25,29)(H,26,27). The lowest BCUT2D eigenvalue weighted by Gasteiger charge is -2.11. The fourth-order valence-electron chi connectivity index (χ4n) is 3.05. The second kappa shape index (κ2) is 9.41. The van der Waals surface area contributed by atoms with Crippen molar-refractivity contribution in [1.29, 1.82) is 0 Å². The number of hydrogen-bond donors (Lipinski definition) is 2. The van der Waals surface area contributed by atoms with Gasteiger partial charge in [-0.15, -0.1) is 0 Å². The van der Waals surface area contributed by atoms with E-state index in [-0.39, 0.29) is 22.8 Å². The smallest absolute Gasteiger partial charge is 0.275 e. The van der Waals surface area contributed by atoms with Gasteiger partial charge in [-0.05, 0) is 30.3 Å². The molecule has 1 amide bonds. The maximum Gasteiger partial charge on any atom is 0.275 e. The molecule has 4 rings (SSSR count). The number of carbonyl (C=O) groups excluding carboxylic acids is 1. The topological polar surface area (TPSA) is 119 Å². The number of nitrogens with zero attached hydrogens (tertiary/aromatic N) is 2. The van der Waals surface area contributed by atoms with Crippen molar-refractivity contribution in [2.45, 2.75) is 0 Å². The van der Waals surface area contributed by atoms with Crippen LogP contribution < -0.4 is 14.8 Å². The quantitative estimate of drug-likeness (QED) is 0.268. The lowest BCUT2D eigenvalue weighted by molar-refractivity contribution is -0.384. The van der Waals surface area contributed by atoms with Gasteiger partial charge in [0.2, 0.25) is 0 Å². The van der Waals surface area contributed by atoms with Crippen molar-refractivity contribution in [3.05, 3.63) is 93.6 Å². The average Bonchev–Trinajstić information content (AvgIpc) is 3.30. The van der Waals surface area contributed by atoms with Crippen LogP contribution in [0.4, 0.5) is 11.4 Å². The number of nitro benzene ring substituents is 1. The number of benzene rings is 3. The zero-order valence-electron chi connectivity index (χ0n) is 17.2. The van der Waals surface area contributed by atoms with E-state index >= 15 is 0 Å². The van der Waals surface area contributed by atoms with Gasteiger partial charge in [0.05, 0.1) is 29.5 Å². The Morgan fingerprint density at radius 2 is 1.79 bits per heavy atom. The second-order valence-corrected chi connectivity index (χ2v) is 7.29. The maximum absolute atomic E-state index is 12.7. The number of nitro groups is 1. The van der Waals surface area contributed by atoms with Crippen LogP contribution in [0.15, 0.2) is 72.8 Å². The first-order valence-electron chi connectivity index (χ1n) is 9.66. The molecule has 0 aliphatic carbocycles. The molecule has 0 fully saturated rings. The van der Waals surface area contributed by atoms with Crippen molar-refractivity contribution in [3.63, 3.8) is 0 Å². The molecule has 166 valence electrons. The van der Waals surface area contributed by atoms with Gasteiger partial charge in [0.15, 0.2) is 11.5 Å². The van der Waals surface area contributed by atoms with E-state index in [2.05, 4.69) is 15.5 Å². The highest BCUT2D eigenvalue weighted by Gasteiger charge is 2.16. The molecular formula is C23H17ClN4O5. The summed E-state index contributed by atoms with van der Waals surface area (Å²) in [6.45, 7) is 0. The van der Waals surface area contributed by atoms with Crippen LogP contribution in [0.25, 0.3) is 11.3 Å². The molecule has 3 aromatic carbocycles. The van der Waals surface area contributed by atoms with Crippen LogP contribution in [0.1, 0.15) is 10.5 Å². The van der Waals surface area contributed by atoms with Gasteiger partial charge in [0, 0.05) is 22.7 Å². The number of carbonyl (C=O) groups is 1. The Morgan fingerprint density at radius 1 is 1.06 bits per heavy atom. The third-order valence-corrected chi connectivity index (χ3v) is 4.87. The minimum absolute atomic E-state index is 0.162. The lowest BCUT2D eigenvalue weighted by atomic mass is 10.1. The van der Waals surface area contributed by atoms with Gasteiger partial charge in [-0.3, -0.25) is 20.0 Å². The third kappa shape index (κ3) is 5.10. The summed E-state index contributed by atoms with van der Waals surface area (Å²) < 4.78 is 11.0. The molecule has 10 heteroatoms. The summed E-state index contributed by atoms with van der Waals surface area (Å²) in [7, 11) is 1.49. The fraction of sp³-hybridized carbons (Fsp3) is 0.0435. The molecule has 33 heavy (non-hydrogen) atoms. The highest BCUT2D eigenvalue weighted by atomic mass is 35.5. The van der Waals surface area contributed by atoms with E-state index < -0.39 is 10.8 Å². The van der Waals surface area contributed by atoms with Gasteiger partial charge in [0.1, 0.15) is 11.4 Å². The SMILES string of the molecule is COc1ccccc1Oc1cc(NC(=O)c2cc(-c3ccc(Cl)cc3)n[nH]2)cc([N+](=O)[O-])c1. The number of amides is 1. The minimum atomic E-state index is -0.570. The summed E-state index contributed by atoms with van der Waals surface area (Å²) in [4.78, 5) is 23.6. The molecule has 0 bridgehead atoms. The largest absolute Gasteiger partial charge is 0.493 e. The van der Waals surface area contributed by atoms with Crippen LogP contribution in [-0.4, -0.2) is 28.1 Å². The zero-order chi connectivity index (χ0) is 23.4. The highest BCUT2D eigenvalue weighted by Crippen LogP contribution is 2.34. The van der Waals surface area contributed by atoms with Crippen LogP contribution in [0.5, 0.6) is 17.2 Å². The van der Waals surface area contributed by atoms with Crippen LogP contribution in [0.3, 0.4) is 0 Å². The van der Waals surface area contributed by atoms with E-state index in [0.717, 1.165) is 5.56 Å². The number of methoxy groups -OCH3 is 1. The maximum atomic E-state index is 12.7. The number of hydrogen-bond acceptors (Lipinski definition) is 6. The molecule has 4 aromatic rings. The van der Waals surface area contributed by atoms with E-state index in [1.54, 1.807) is 54.6 Å². The van der Waals surface area contributed by atoms with E-state index in [1.165, 1.54) is 25.3 Å². The Morgan fingerprint density at radius 3 is 2.48 bits per heavy atom. The number of para-hydroxylation sites is 2. The first-order chi connectivity index (χ1) is 15.9. The third-order valence-electron chi connectivity index (χ3n) is 4.62. The first kappa shape index (κ1) is 21.8. The van der Waals surface area contributed by atoms with Gasteiger partial charge in [-0.2, -0.15) is 5.10 Å². The van der Waals surface area contributed by atoms with Gasteiger partial charge in [-0.1, -0.05) is 35.9 Å². The normalized spacial score (nSPS) is 10.5. The molecule has 0 atom stereocenters. The Kier molecular flexibility index (Phi) is 6.23. The Hall–Kier alpha value is -4.37. The van der Waals surface area contributed by atoms with Gasteiger partial charge in [-0.25, -0.2) is 0 Å². The molecule has 9 nitrogen and oxygen atoms in total. The molecule has 0 spiro atoms. The Labute approximate surface area is 193 Å². The van der Waals surface area contributed by atoms with Crippen molar-refractivity contribution >= 4 is 28.9 Å². The summed E-state index contributed by atoms with van der Waals surface area (Å²) in [5.41, 5.74) is 1.44. The summed E-state index contributed by atoms with van der Waals surface area (Å²) in [6, 6.07) is 19.4. The number of anilines is 1. The van der Waals surface area contributed by atoms with Crippen LogP contribution in [0, 0.1) is 10.1 Å². The minimum Gasteiger partial charge on any atom is -0.493 e. The van der Waals surface area contributed by atoms with E-state index in [9.17, 15) is 14.9 Å². The van der Waals surface area contributed by atoms with E-state index in [1.807, 2.05) is 0 Å². The fourth-order valence-corrected chi connectivity index (χ4v) is 3.18. The number of aromatic nitrogens is 2. The molecule has 2 N–H and O–H groups in total. The molecular weight excluding hydrogens is 448 g/mol. The van der Waals surface area contributed by atoms with Crippen molar-refractivity contribution in [3.8, 4) is 28.5 Å². The first-order valence-corrected chi connectivity index (χ1v) is 10.0. The van der Waals surface area contributed by atoms with Gasteiger partial charge in [0.25, 0.3) is 11.6 Å². The van der Waals surface area contributed by atoms with E-state index in [0.29, 0.717) is 22.2 Å². The second-order valence-electron chi connectivity index (χ2n) is 6.85. The molecule has 0 radical (unpaired) electrons. The molecule has 1 heterocycles. The Bertz CT molecular complexity index is 1320. The van der Waals surface area contributed by atoms with Gasteiger partial charge < -0.3 is 14.8 Å². The zero-order valence-corrected chi connectivity index (χ0v) is 18.0. The van der Waals surface area contributed by atoms with Crippen molar-refractivity contribution in [2.24, 2.45) is 0 Å². The molecule has 0 unspecified atom stereocenters. The van der Waals surface area contributed by atoms with Crippen LogP contribution in [-0.2, 0) is 0 Å². The summed E-state index contributed by atoms with van der Waals surface area (Å²) in [5.74, 6) is 0.475. The molecule has 0 aliphatic heterocycles. The molecule has 0 saturated heterocycles. The van der Waals surface area contributed by atoms with Crippen LogP contribution in [0.2, 0.25) is 5.02 Å². The summed E-state index contributed by atoms with van der Waals surface area (Å²) >= 11 is 5.90. The summed E-state index contributed by atoms with van der Waals surface area (Å²) in [5, 5.41) is 21.4. The van der Waals surface area contributed by atoms with Gasteiger partial charge >= 0.3 is 0 Å². The monoisotopic (exact) mass is 464 g/mol. The number of ether oxygens (including phenoxy) is 2. The number of H-pyrrole nitrogens is 1. The lowest BCUT2D eigenvalue weighted by Crippen LogP contribution is -2.12. The number of halogens is 1. The predicted molar refractivity (Wildman–Crippen MR) is 123 cm³/mol. The van der Waals surface area contributed by atoms with Crippen molar-refractivity contribution in [1.82, 2.24) is 10.2 Å².